The van der Waals surface area contributed by atoms with Crippen molar-refractivity contribution < 1.29 is 4.79 Å². The number of hydrogen-bond donors (Lipinski definition) is 1. The minimum absolute atomic E-state index is 0.101. The van der Waals surface area contributed by atoms with Crippen LogP contribution in [-0.4, -0.2) is 25.2 Å². The highest BCUT2D eigenvalue weighted by Crippen LogP contribution is 2.41. The molecular weight excluding hydrogens is 366 g/mol. The second-order valence-electron chi connectivity index (χ2n) is 7.65. The molecule has 4 rings (SSSR count). The third-order valence-corrected chi connectivity index (χ3v) is 5.34. The Hall–Kier alpha value is -3.22. The van der Waals surface area contributed by atoms with Crippen LogP contribution in [0.15, 0.2) is 53.5 Å². The second-order valence-corrected chi connectivity index (χ2v) is 7.65. The van der Waals surface area contributed by atoms with Crippen molar-refractivity contribution in [3.8, 4) is 0 Å². The molecule has 1 saturated carbocycles. The van der Waals surface area contributed by atoms with E-state index >= 15 is 0 Å². The van der Waals surface area contributed by atoms with E-state index in [1.165, 1.54) is 4.68 Å². The number of hydrogen-bond acceptors (Lipinski definition) is 4. The van der Waals surface area contributed by atoms with Crippen LogP contribution in [0, 0.1) is 19.8 Å². The van der Waals surface area contributed by atoms with E-state index in [-0.39, 0.29) is 24.2 Å². The average Bonchev–Trinajstić information content (AvgIpc) is 3.52. The lowest BCUT2D eigenvalue weighted by atomic mass is 10.0. The molecule has 3 aromatic rings. The van der Waals surface area contributed by atoms with E-state index < -0.39 is 0 Å². The fraction of sp³-hybridized carbons (Fsp3) is 0.364. The topological polar surface area (TPSA) is 81.8 Å². The van der Waals surface area contributed by atoms with Gasteiger partial charge in [-0.1, -0.05) is 36.4 Å². The molecule has 150 valence electrons. The van der Waals surface area contributed by atoms with Gasteiger partial charge in [-0.15, -0.1) is 0 Å². The van der Waals surface area contributed by atoms with E-state index in [1.54, 1.807) is 17.7 Å². The molecule has 0 saturated heterocycles. The first-order chi connectivity index (χ1) is 14.0. The molecule has 2 heterocycles. The number of nitrogens with zero attached hydrogens (tertiary/aromatic N) is 4. The maximum Gasteiger partial charge on any atom is 0.346 e. The van der Waals surface area contributed by atoms with Crippen molar-refractivity contribution in [1.82, 2.24) is 24.6 Å². The fourth-order valence-corrected chi connectivity index (χ4v) is 3.62. The summed E-state index contributed by atoms with van der Waals surface area (Å²) in [5.41, 5.74) is 2.70. The van der Waals surface area contributed by atoms with Gasteiger partial charge < -0.3 is 5.32 Å². The van der Waals surface area contributed by atoms with Crippen LogP contribution in [0.2, 0.25) is 0 Å². The van der Waals surface area contributed by atoms with Gasteiger partial charge in [0, 0.05) is 6.20 Å². The number of amides is 1. The Bertz CT molecular complexity index is 1070. The predicted molar refractivity (Wildman–Crippen MR) is 109 cm³/mol. The molecule has 1 atom stereocenters. The maximum atomic E-state index is 12.8. The van der Waals surface area contributed by atoms with Gasteiger partial charge in [0.15, 0.2) is 0 Å². The van der Waals surface area contributed by atoms with Crippen LogP contribution in [0.25, 0.3) is 0 Å². The van der Waals surface area contributed by atoms with E-state index in [9.17, 15) is 9.59 Å². The number of rotatable bonds is 7. The van der Waals surface area contributed by atoms with Gasteiger partial charge >= 0.3 is 5.69 Å². The Labute approximate surface area is 169 Å². The molecule has 0 aliphatic heterocycles. The predicted octanol–water partition coefficient (Wildman–Crippen LogP) is 2.37. The monoisotopic (exact) mass is 391 g/mol. The number of carbonyl (C=O) groups excluding carboxylic acids is 1. The maximum absolute atomic E-state index is 12.8. The van der Waals surface area contributed by atoms with Crippen LogP contribution < -0.4 is 11.0 Å². The first kappa shape index (κ1) is 19.1. The third-order valence-electron chi connectivity index (χ3n) is 5.34. The van der Waals surface area contributed by atoms with Crippen molar-refractivity contribution in [2.24, 2.45) is 5.92 Å². The Kier molecular flexibility index (Phi) is 5.29. The van der Waals surface area contributed by atoms with Gasteiger partial charge in [-0.2, -0.15) is 5.10 Å². The van der Waals surface area contributed by atoms with Gasteiger partial charge in [-0.25, -0.2) is 9.48 Å². The van der Waals surface area contributed by atoms with Gasteiger partial charge in [0.25, 0.3) is 0 Å². The molecule has 1 aliphatic carbocycles. The van der Waals surface area contributed by atoms with Crippen molar-refractivity contribution in [1.29, 1.82) is 0 Å². The second kappa shape index (κ2) is 8.03. The zero-order valence-corrected chi connectivity index (χ0v) is 16.7. The Morgan fingerprint density at radius 2 is 1.93 bits per heavy atom. The number of nitrogens with one attached hydrogen (secondary N) is 1. The Morgan fingerprint density at radius 3 is 2.62 bits per heavy atom. The molecule has 1 fully saturated rings. The van der Waals surface area contributed by atoms with Crippen molar-refractivity contribution >= 4 is 5.91 Å². The summed E-state index contributed by atoms with van der Waals surface area (Å²) in [5, 5.41) is 7.37. The normalized spacial score (nSPS) is 14.6. The van der Waals surface area contributed by atoms with Crippen LogP contribution in [-0.2, 0) is 17.9 Å². The van der Waals surface area contributed by atoms with Gasteiger partial charge in [0.1, 0.15) is 12.4 Å². The molecule has 1 amide bonds. The largest absolute Gasteiger partial charge is 0.346 e. The lowest BCUT2D eigenvalue weighted by Gasteiger charge is -2.19. The standard InChI is InChI=1S/C22H25N5O2/c1-15-7-6-12-23-20(15)21(18-10-11-18)24-19(28)14-27-22(29)26(16(2)25-27)13-17-8-4-3-5-9-17/h3-9,12,18,21H,10-11,13-14H2,1-2H3,(H,24,28)/t21-/m1/s1. The van der Waals surface area contributed by atoms with Crippen LogP contribution in [0.1, 0.15) is 41.5 Å². The Balaban J connectivity index is 1.49. The van der Waals surface area contributed by atoms with Crippen molar-refractivity contribution in [3.63, 3.8) is 0 Å². The highest BCUT2D eigenvalue weighted by Gasteiger charge is 2.35. The van der Waals surface area contributed by atoms with Crippen LogP contribution >= 0.6 is 0 Å². The quantitative estimate of drug-likeness (QED) is 0.670. The van der Waals surface area contributed by atoms with Crippen molar-refractivity contribution in [3.05, 3.63) is 81.8 Å². The Morgan fingerprint density at radius 1 is 1.17 bits per heavy atom. The number of aryl methyl sites for hydroxylation is 2. The van der Waals surface area contributed by atoms with E-state index in [0.29, 0.717) is 18.3 Å². The summed E-state index contributed by atoms with van der Waals surface area (Å²) in [6, 6.07) is 13.5. The van der Waals surface area contributed by atoms with Gasteiger partial charge in [0.05, 0.1) is 18.3 Å². The molecule has 0 bridgehead atoms. The molecule has 0 unspecified atom stereocenters. The lowest BCUT2D eigenvalue weighted by Crippen LogP contribution is -2.37. The van der Waals surface area contributed by atoms with E-state index in [1.807, 2.05) is 49.4 Å². The lowest BCUT2D eigenvalue weighted by molar-refractivity contribution is -0.122. The highest BCUT2D eigenvalue weighted by atomic mass is 16.2. The van der Waals surface area contributed by atoms with Gasteiger partial charge in [-0.3, -0.25) is 14.3 Å². The molecule has 7 heteroatoms. The molecule has 1 aliphatic rings. The van der Waals surface area contributed by atoms with Crippen LogP contribution in [0.4, 0.5) is 0 Å². The highest BCUT2D eigenvalue weighted by molar-refractivity contribution is 5.76. The molecule has 0 radical (unpaired) electrons. The number of pyridine rings is 1. The summed E-state index contributed by atoms with van der Waals surface area (Å²) in [6.07, 6.45) is 3.90. The van der Waals surface area contributed by atoms with Crippen LogP contribution in [0.5, 0.6) is 0 Å². The molecule has 1 N–H and O–H groups in total. The zero-order chi connectivity index (χ0) is 20.4. The SMILES string of the molecule is Cc1cccnc1[C@H](NC(=O)Cn1nc(C)n(Cc2ccccc2)c1=O)C1CC1. The first-order valence-corrected chi connectivity index (χ1v) is 9.92. The number of carbonyl (C=O) groups is 1. The van der Waals surface area contributed by atoms with Gasteiger partial charge in [0.2, 0.25) is 5.91 Å². The first-order valence-electron chi connectivity index (χ1n) is 9.92. The smallest absolute Gasteiger partial charge is 0.346 e. The molecule has 2 aromatic heterocycles. The zero-order valence-electron chi connectivity index (χ0n) is 16.7. The molecule has 0 spiro atoms. The third kappa shape index (κ3) is 4.29. The van der Waals surface area contributed by atoms with Crippen molar-refractivity contribution in [2.75, 3.05) is 0 Å². The van der Waals surface area contributed by atoms with Crippen LogP contribution in [0.3, 0.4) is 0 Å². The summed E-state index contributed by atoms with van der Waals surface area (Å²) in [4.78, 5) is 30.0. The summed E-state index contributed by atoms with van der Waals surface area (Å²) in [6.45, 7) is 4.12. The van der Waals surface area contributed by atoms with Gasteiger partial charge in [-0.05, 0) is 49.8 Å². The molecule has 7 nitrogen and oxygen atoms in total. The summed E-state index contributed by atoms with van der Waals surface area (Å²) >= 11 is 0. The van der Waals surface area contributed by atoms with E-state index in [0.717, 1.165) is 29.7 Å². The molecular formula is C22H25N5O2. The van der Waals surface area contributed by atoms with E-state index in [4.69, 9.17) is 0 Å². The fourth-order valence-electron chi connectivity index (χ4n) is 3.62. The summed E-state index contributed by atoms with van der Waals surface area (Å²) < 4.78 is 2.83. The number of aromatic nitrogens is 4. The average molecular weight is 391 g/mol. The molecule has 1 aromatic carbocycles. The molecule has 29 heavy (non-hydrogen) atoms. The minimum atomic E-state index is -0.279. The minimum Gasteiger partial charge on any atom is -0.346 e. The van der Waals surface area contributed by atoms with E-state index in [2.05, 4.69) is 15.4 Å². The summed E-state index contributed by atoms with van der Waals surface area (Å²) in [5.74, 6) is 0.769. The van der Waals surface area contributed by atoms with Crippen molar-refractivity contribution in [2.45, 2.75) is 45.8 Å². The number of benzene rings is 1. The summed E-state index contributed by atoms with van der Waals surface area (Å²) in [7, 11) is 0.